The third-order valence-electron chi connectivity index (χ3n) is 2.56. The predicted octanol–water partition coefficient (Wildman–Crippen LogP) is 2.21. The number of benzene rings is 1. The van der Waals surface area contributed by atoms with Crippen LogP contribution in [0.5, 0.6) is 5.75 Å². The Bertz CT molecular complexity index is 298. The number of methoxy groups -OCH3 is 1. The Morgan fingerprint density at radius 3 is 2.81 bits per heavy atom. The summed E-state index contributed by atoms with van der Waals surface area (Å²) in [6, 6.07) is 8.43. The van der Waals surface area contributed by atoms with E-state index in [2.05, 4.69) is 12.2 Å². The number of hydrogen-bond acceptors (Lipinski definition) is 3. The van der Waals surface area contributed by atoms with Gasteiger partial charge in [0.15, 0.2) is 0 Å². The van der Waals surface area contributed by atoms with Gasteiger partial charge in [-0.25, -0.2) is 0 Å². The first-order valence-corrected chi connectivity index (χ1v) is 5.68. The van der Waals surface area contributed by atoms with Gasteiger partial charge >= 0.3 is 0 Å². The number of ether oxygens (including phenoxy) is 2. The van der Waals surface area contributed by atoms with Crippen LogP contribution in [0.25, 0.3) is 0 Å². The van der Waals surface area contributed by atoms with E-state index >= 15 is 0 Å². The van der Waals surface area contributed by atoms with E-state index in [-0.39, 0.29) is 0 Å². The van der Waals surface area contributed by atoms with Crippen molar-refractivity contribution in [2.24, 2.45) is 0 Å². The molecule has 0 spiro atoms. The van der Waals surface area contributed by atoms with Crippen molar-refractivity contribution in [1.29, 1.82) is 0 Å². The first-order chi connectivity index (χ1) is 7.80. The summed E-state index contributed by atoms with van der Waals surface area (Å²) in [5.41, 5.74) is 1.14. The molecule has 0 amide bonds. The molecule has 3 heteroatoms. The zero-order valence-electron chi connectivity index (χ0n) is 10.3. The van der Waals surface area contributed by atoms with E-state index in [0.717, 1.165) is 17.7 Å². The molecular formula is C13H21NO2. The molecule has 0 saturated heterocycles. The summed E-state index contributed by atoms with van der Waals surface area (Å²) in [6.07, 6.45) is 1.06. The Morgan fingerprint density at radius 2 is 2.19 bits per heavy atom. The van der Waals surface area contributed by atoms with Crippen molar-refractivity contribution in [3.63, 3.8) is 0 Å². The van der Waals surface area contributed by atoms with Gasteiger partial charge in [0.2, 0.25) is 0 Å². The normalized spacial score (nSPS) is 12.4. The second kappa shape index (κ2) is 7.25. The largest absolute Gasteiger partial charge is 0.492 e. The third kappa shape index (κ3) is 4.21. The molecule has 0 bridgehead atoms. The molecule has 1 unspecified atom stereocenters. The minimum Gasteiger partial charge on any atom is -0.492 e. The summed E-state index contributed by atoms with van der Waals surface area (Å²) in [5, 5.41) is 3.21. The highest BCUT2D eigenvalue weighted by Crippen LogP contribution is 2.14. The molecule has 0 fully saturated rings. The fourth-order valence-electron chi connectivity index (χ4n) is 1.49. The Morgan fingerprint density at radius 1 is 1.38 bits per heavy atom. The van der Waals surface area contributed by atoms with Crippen LogP contribution < -0.4 is 10.1 Å². The van der Waals surface area contributed by atoms with Gasteiger partial charge in [0.1, 0.15) is 12.4 Å². The third-order valence-corrected chi connectivity index (χ3v) is 2.56. The first kappa shape index (κ1) is 13.0. The summed E-state index contributed by atoms with van der Waals surface area (Å²) < 4.78 is 10.8. The molecule has 3 nitrogen and oxygen atoms in total. The van der Waals surface area contributed by atoms with Gasteiger partial charge in [-0.15, -0.1) is 0 Å². The molecule has 0 heterocycles. The van der Waals surface area contributed by atoms with Gasteiger partial charge in [0.25, 0.3) is 0 Å². The fraction of sp³-hybridized carbons (Fsp3) is 0.538. The van der Waals surface area contributed by atoms with Gasteiger partial charge in [-0.2, -0.15) is 0 Å². The molecule has 1 N–H and O–H groups in total. The molecule has 90 valence electrons. The Hall–Kier alpha value is -1.06. The van der Waals surface area contributed by atoms with Gasteiger partial charge in [-0.3, -0.25) is 0 Å². The smallest absolute Gasteiger partial charge is 0.119 e. The molecule has 0 saturated carbocycles. The minimum atomic E-state index is 0.408. The lowest BCUT2D eigenvalue weighted by molar-refractivity contribution is 0.184. The van der Waals surface area contributed by atoms with E-state index in [4.69, 9.17) is 9.47 Å². The lowest BCUT2D eigenvalue weighted by atomic mass is 10.2. The van der Waals surface area contributed by atoms with Crippen LogP contribution in [0, 0.1) is 0 Å². The van der Waals surface area contributed by atoms with Crippen molar-refractivity contribution >= 4 is 0 Å². The molecule has 1 atom stereocenters. The SMILES string of the molecule is CCC(COc1cccc(COC)c1)NC. The molecule has 0 aliphatic carbocycles. The fourth-order valence-corrected chi connectivity index (χ4v) is 1.49. The standard InChI is InChI=1S/C13H21NO2/c1-4-12(14-2)10-16-13-7-5-6-11(8-13)9-15-3/h5-8,12,14H,4,9-10H2,1-3H3. The molecule has 16 heavy (non-hydrogen) atoms. The van der Waals surface area contributed by atoms with E-state index in [9.17, 15) is 0 Å². The summed E-state index contributed by atoms with van der Waals surface area (Å²) >= 11 is 0. The molecule has 1 aromatic rings. The minimum absolute atomic E-state index is 0.408. The number of hydrogen-bond donors (Lipinski definition) is 1. The maximum Gasteiger partial charge on any atom is 0.119 e. The average Bonchev–Trinajstić information content (AvgIpc) is 2.31. The molecule has 0 aliphatic heterocycles. The second-order valence-electron chi connectivity index (χ2n) is 3.79. The quantitative estimate of drug-likeness (QED) is 0.768. The van der Waals surface area contributed by atoms with E-state index in [1.165, 1.54) is 0 Å². The van der Waals surface area contributed by atoms with E-state index < -0.39 is 0 Å². The van der Waals surface area contributed by atoms with E-state index in [1.807, 2.05) is 31.3 Å². The molecule has 0 radical (unpaired) electrons. The summed E-state index contributed by atoms with van der Waals surface area (Å²) in [6.45, 7) is 3.47. The second-order valence-corrected chi connectivity index (χ2v) is 3.79. The molecule has 1 aromatic carbocycles. The van der Waals surface area contributed by atoms with E-state index in [1.54, 1.807) is 7.11 Å². The van der Waals surface area contributed by atoms with Gasteiger partial charge in [-0.05, 0) is 31.2 Å². The Kier molecular flexibility index (Phi) is 5.90. The summed E-state index contributed by atoms with van der Waals surface area (Å²) in [4.78, 5) is 0. The predicted molar refractivity (Wildman–Crippen MR) is 65.8 cm³/mol. The topological polar surface area (TPSA) is 30.5 Å². The lowest BCUT2D eigenvalue weighted by Crippen LogP contribution is -2.30. The van der Waals surface area contributed by atoms with Crippen LogP contribution in [0.1, 0.15) is 18.9 Å². The zero-order chi connectivity index (χ0) is 11.8. The number of nitrogens with one attached hydrogen (secondary N) is 1. The molecule has 1 rings (SSSR count). The van der Waals surface area contributed by atoms with Crippen LogP contribution in [-0.4, -0.2) is 26.8 Å². The number of rotatable bonds is 7. The Balaban J connectivity index is 2.49. The van der Waals surface area contributed by atoms with Crippen molar-refractivity contribution < 1.29 is 9.47 Å². The van der Waals surface area contributed by atoms with Crippen molar-refractivity contribution in [2.75, 3.05) is 20.8 Å². The zero-order valence-corrected chi connectivity index (χ0v) is 10.3. The van der Waals surface area contributed by atoms with Gasteiger partial charge in [0.05, 0.1) is 6.61 Å². The van der Waals surface area contributed by atoms with Crippen LogP contribution >= 0.6 is 0 Å². The van der Waals surface area contributed by atoms with Crippen molar-refractivity contribution in [1.82, 2.24) is 5.32 Å². The van der Waals surface area contributed by atoms with Crippen LogP contribution in [0.3, 0.4) is 0 Å². The highest BCUT2D eigenvalue weighted by atomic mass is 16.5. The van der Waals surface area contributed by atoms with Crippen LogP contribution in [0.4, 0.5) is 0 Å². The van der Waals surface area contributed by atoms with Gasteiger partial charge in [-0.1, -0.05) is 19.1 Å². The van der Waals surface area contributed by atoms with Crippen LogP contribution in [0.15, 0.2) is 24.3 Å². The Labute approximate surface area is 97.8 Å². The highest BCUT2D eigenvalue weighted by molar-refractivity contribution is 5.28. The monoisotopic (exact) mass is 223 g/mol. The van der Waals surface area contributed by atoms with Crippen molar-refractivity contribution in [3.8, 4) is 5.75 Å². The maximum atomic E-state index is 5.72. The van der Waals surface area contributed by atoms with Crippen LogP contribution in [0.2, 0.25) is 0 Å². The average molecular weight is 223 g/mol. The molecular weight excluding hydrogens is 202 g/mol. The van der Waals surface area contributed by atoms with Crippen molar-refractivity contribution in [2.45, 2.75) is 26.0 Å². The van der Waals surface area contributed by atoms with Gasteiger partial charge in [0, 0.05) is 13.2 Å². The lowest BCUT2D eigenvalue weighted by Gasteiger charge is -2.15. The highest BCUT2D eigenvalue weighted by Gasteiger charge is 2.04. The maximum absolute atomic E-state index is 5.72. The summed E-state index contributed by atoms with van der Waals surface area (Å²) in [7, 11) is 3.65. The molecule has 0 aliphatic rings. The first-order valence-electron chi connectivity index (χ1n) is 5.68. The van der Waals surface area contributed by atoms with Crippen LogP contribution in [-0.2, 0) is 11.3 Å². The number of likely N-dealkylation sites (N-methyl/N-ethyl adjacent to an activating group) is 1. The van der Waals surface area contributed by atoms with Gasteiger partial charge < -0.3 is 14.8 Å². The summed E-state index contributed by atoms with van der Waals surface area (Å²) in [5.74, 6) is 0.906. The van der Waals surface area contributed by atoms with Crippen molar-refractivity contribution in [3.05, 3.63) is 29.8 Å². The van der Waals surface area contributed by atoms with E-state index in [0.29, 0.717) is 19.3 Å². The molecule has 0 aromatic heterocycles.